The smallest absolute Gasteiger partial charge is 0.311 e. The lowest BCUT2D eigenvalue weighted by Crippen LogP contribution is -2.11. The molecule has 6 nitrogen and oxygen atoms in total. The number of rotatable bonds is 8. The minimum absolute atomic E-state index is 0.00995. The quantitative estimate of drug-likeness (QED) is 0.407. The van der Waals surface area contributed by atoms with Gasteiger partial charge in [0.2, 0.25) is 0 Å². The zero-order valence-electron chi connectivity index (χ0n) is 18.6. The van der Waals surface area contributed by atoms with Gasteiger partial charge in [0, 0.05) is 35.6 Å². The van der Waals surface area contributed by atoms with Crippen LogP contribution in [0.2, 0.25) is 0 Å². The van der Waals surface area contributed by atoms with Crippen molar-refractivity contribution in [2.75, 3.05) is 0 Å². The highest BCUT2D eigenvalue weighted by atomic mass is 16.5. The Morgan fingerprint density at radius 3 is 1.67 bits per heavy atom. The van der Waals surface area contributed by atoms with Gasteiger partial charge in [0.15, 0.2) is 23.1 Å². The highest BCUT2D eigenvalue weighted by molar-refractivity contribution is 6.34. The van der Waals surface area contributed by atoms with Gasteiger partial charge in [-0.15, -0.1) is 0 Å². The van der Waals surface area contributed by atoms with Crippen molar-refractivity contribution in [3.05, 3.63) is 81.9 Å². The first-order chi connectivity index (χ1) is 15.9. The van der Waals surface area contributed by atoms with E-state index in [1.54, 1.807) is 48.5 Å². The molecule has 0 spiro atoms. The maximum Gasteiger partial charge on any atom is 0.311 e. The SMILES string of the molecule is CCCCCCC(=O)OC1=C(C2=C(OC(C)=O)c3ccccc3C2=O)C(=O)c2ccccc21. The molecule has 0 heterocycles. The molecule has 0 aromatic heterocycles. The van der Waals surface area contributed by atoms with Crippen LogP contribution >= 0.6 is 0 Å². The Labute approximate surface area is 191 Å². The van der Waals surface area contributed by atoms with Crippen LogP contribution in [0.5, 0.6) is 0 Å². The molecule has 0 atom stereocenters. The summed E-state index contributed by atoms with van der Waals surface area (Å²) in [7, 11) is 0. The van der Waals surface area contributed by atoms with E-state index in [0.717, 1.165) is 19.3 Å². The molecule has 0 aliphatic heterocycles. The van der Waals surface area contributed by atoms with Gasteiger partial charge in [0.05, 0.1) is 11.1 Å². The summed E-state index contributed by atoms with van der Waals surface area (Å²) in [5, 5.41) is 0. The highest BCUT2D eigenvalue weighted by Gasteiger charge is 2.42. The molecule has 0 fully saturated rings. The lowest BCUT2D eigenvalue weighted by molar-refractivity contribution is -0.137. The van der Waals surface area contributed by atoms with Gasteiger partial charge in [-0.1, -0.05) is 74.7 Å². The first-order valence-corrected chi connectivity index (χ1v) is 11.1. The average molecular weight is 444 g/mol. The van der Waals surface area contributed by atoms with Crippen molar-refractivity contribution < 1.29 is 28.7 Å². The Morgan fingerprint density at radius 1 is 0.697 bits per heavy atom. The molecule has 4 rings (SSSR count). The van der Waals surface area contributed by atoms with Crippen LogP contribution in [-0.2, 0) is 19.1 Å². The largest absolute Gasteiger partial charge is 0.425 e. The molecule has 33 heavy (non-hydrogen) atoms. The van der Waals surface area contributed by atoms with E-state index in [0.29, 0.717) is 28.7 Å². The summed E-state index contributed by atoms with van der Waals surface area (Å²) in [6, 6.07) is 13.4. The zero-order chi connectivity index (χ0) is 23.5. The summed E-state index contributed by atoms with van der Waals surface area (Å²) >= 11 is 0. The average Bonchev–Trinajstić information content (AvgIpc) is 3.22. The van der Waals surface area contributed by atoms with Crippen LogP contribution in [0.3, 0.4) is 0 Å². The van der Waals surface area contributed by atoms with E-state index < -0.39 is 23.5 Å². The van der Waals surface area contributed by atoms with E-state index in [1.165, 1.54) is 6.92 Å². The number of hydrogen-bond acceptors (Lipinski definition) is 6. The number of fused-ring (bicyclic) bond motifs is 2. The third-order valence-corrected chi connectivity index (χ3v) is 5.69. The van der Waals surface area contributed by atoms with Crippen molar-refractivity contribution in [1.29, 1.82) is 0 Å². The topological polar surface area (TPSA) is 86.7 Å². The van der Waals surface area contributed by atoms with Crippen molar-refractivity contribution >= 4 is 35.0 Å². The number of hydrogen-bond donors (Lipinski definition) is 0. The fourth-order valence-electron chi connectivity index (χ4n) is 4.17. The lowest BCUT2D eigenvalue weighted by atomic mass is 9.98. The maximum atomic E-state index is 13.4. The molecule has 2 aliphatic carbocycles. The standard InChI is InChI=1S/C27H24O6/c1-3-4-5-6-15-21(29)33-27-20-14-10-8-12-18(20)25(31)23(27)22-24(30)17-11-7-9-13-19(17)26(22)32-16(2)28/h7-14H,3-6,15H2,1-2H3. The van der Waals surface area contributed by atoms with Gasteiger partial charge in [-0.05, 0) is 6.42 Å². The lowest BCUT2D eigenvalue weighted by Gasteiger charge is -2.11. The Kier molecular flexibility index (Phi) is 6.36. The predicted octanol–water partition coefficient (Wildman–Crippen LogP) is 5.28. The van der Waals surface area contributed by atoms with E-state index >= 15 is 0 Å². The molecule has 6 heteroatoms. The van der Waals surface area contributed by atoms with Crippen molar-refractivity contribution in [1.82, 2.24) is 0 Å². The Morgan fingerprint density at radius 2 is 1.18 bits per heavy atom. The molecule has 0 saturated heterocycles. The minimum Gasteiger partial charge on any atom is -0.425 e. The van der Waals surface area contributed by atoms with E-state index in [4.69, 9.17) is 9.47 Å². The molecule has 2 aliphatic rings. The van der Waals surface area contributed by atoms with E-state index in [9.17, 15) is 19.2 Å². The van der Waals surface area contributed by atoms with Crippen molar-refractivity contribution in [3.63, 3.8) is 0 Å². The number of esters is 2. The van der Waals surface area contributed by atoms with E-state index in [-0.39, 0.29) is 29.1 Å². The molecule has 0 saturated carbocycles. The Balaban J connectivity index is 1.82. The molecule has 2 aromatic carbocycles. The monoisotopic (exact) mass is 444 g/mol. The van der Waals surface area contributed by atoms with E-state index in [1.807, 2.05) is 0 Å². The van der Waals surface area contributed by atoms with E-state index in [2.05, 4.69) is 6.92 Å². The summed E-state index contributed by atoms with van der Waals surface area (Å²) in [5.41, 5.74) is 1.42. The van der Waals surface area contributed by atoms with Gasteiger partial charge < -0.3 is 9.47 Å². The van der Waals surface area contributed by atoms with Crippen molar-refractivity contribution in [3.8, 4) is 0 Å². The van der Waals surface area contributed by atoms with Gasteiger partial charge in [-0.25, -0.2) is 0 Å². The highest BCUT2D eigenvalue weighted by Crippen LogP contribution is 2.44. The number of allylic oxidation sites excluding steroid dienone is 2. The van der Waals surface area contributed by atoms with Crippen LogP contribution in [0, 0.1) is 0 Å². The molecule has 0 bridgehead atoms. The predicted molar refractivity (Wildman–Crippen MR) is 122 cm³/mol. The first-order valence-electron chi connectivity index (χ1n) is 11.1. The number of benzene rings is 2. The van der Waals surface area contributed by atoms with Gasteiger partial charge in [0.25, 0.3) is 0 Å². The van der Waals surface area contributed by atoms with Gasteiger partial charge >= 0.3 is 11.9 Å². The molecular formula is C27H24O6. The maximum absolute atomic E-state index is 13.4. The molecule has 0 N–H and O–H groups in total. The summed E-state index contributed by atoms with van der Waals surface area (Å²) in [6.07, 6.45) is 3.85. The molecule has 168 valence electrons. The second kappa shape index (κ2) is 9.36. The van der Waals surface area contributed by atoms with Crippen molar-refractivity contribution in [2.24, 2.45) is 0 Å². The first kappa shape index (κ1) is 22.4. The number of ketones is 2. The summed E-state index contributed by atoms with van der Waals surface area (Å²) < 4.78 is 11.1. The van der Waals surface area contributed by atoms with Crippen molar-refractivity contribution in [2.45, 2.75) is 46.0 Å². The zero-order valence-corrected chi connectivity index (χ0v) is 18.6. The number of carbonyl (C=O) groups excluding carboxylic acids is 4. The second-order valence-electron chi connectivity index (χ2n) is 8.04. The second-order valence-corrected chi connectivity index (χ2v) is 8.04. The van der Waals surface area contributed by atoms with Crippen LogP contribution in [0.1, 0.15) is 77.8 Å². The fourth-order valence-corrected chi connectivity index (χ4v) is 4.17. The number of carbonyl (C=O) groups is 4. The molecule has 0 radical (unpaired) electrons. The summed E-state index contributed by atoms with van der Waals surface area (Å²) in [4.78, 5) is 51.3. The van der Waals surface area contributed by atoms with Gasteiger partial charge in [-0.2, -0.15) is 0 Å². The molecule has 0 amide bonds. The van der Waals surface area contributed by atoms with Gasteiger partial charge in [-0.3, -0.25) is 19.2 Å². The van der Waals surface area contributed by atoms with Crippen LogP contribution in [-0.4, -0.2) is 23.5 Å². The van der Waals surface area contributed by atoms with Crippen LogP contribution in [0.25, 0.3) is 11.5 Å². The summed E-state index contributed by atoms with van der Waals surface area (Å²) in [6.45, 7) is 3.31. The number of ether oxygens (including phenoxy) is 2. The van der Waals surface area contributed by atoms with Crippen LogP contribution in [0.15, 0.2) is 59.7 Å². The number of unbranched alkanes of at least 4 members (excludes halogenated alkanes) is 3. The minimum atomic E-state index is -0.620. The summed E-state index contributed by atoms with van der Waals surface area (Å²) in [5.74, 6) is -1.94. The normalized spacial score (nSPS) is 14.5. The number of Topliss-reactive ketones (excluding diaryl/α,β-unsaturated/α-hetero) is 2. The molecule has 0 unspecified atom stereocenters. The Bertz CT molecular complexity index is 1230. The fraction of sp³-hybridized carbons (Fsp3) is 0.259. The molecular weight excluding hydrogens is 420 g/mol. The van der Waals surface area contributed by atoms with Crippen LogP contribution in [0.4, 0.5) is 0 Å². The third-order valence-electron chi connectivity index (χ3n) is 5.69. The van der Waals surface area contributed by atoms with Crippen LogP contribution < -0.4 is 0 Å². The third kappa shape index (κ3) is 4.16. The molecule has 2 aromatic rings. The Hall–Kier alpha value is -3.80. The van der Waals surface area contributed by atoms with Gasteiger partial charge in [0.1, 0.15) is 0 Å².